The molecule has 110 valence electrons. The second-order valence-corrected chi connectivity index (χ2v) is 4.71. The van der Waals surface area contributed by atoms with E-state index in [1.165, 1.54) is 4.90 Å². The number of para-hydroxylation sites is 1. The highest BCUT2D eigenvalue weighted by atomic mass is 35.5. The second kappa shape index (κ2) is 7.94. The van der Waals surface area contributed by atoms with E-state index in [-0.39, 0.29) is 26.2 Å². The van der Waals surface area contributed by atoms with E-state index in [9.17, 15) is 9.59 Å². The number of hydrogen-bond acceptors (Lipinski definition) is 4. The number of halogens is 2. The fourth-order valence-corrected chi connectivity index (χ4v) is 2.00. The molecule has 20 heavy (non-hydrogen) atoms. The summed E-state index contributed by atoms with van der Waals surface area (Å²) in [4.78, 5) is 22.5. The number of benzene rings is 1. The normalized spacial score (nSPS) is 10.6. The van der Waals surface area contributed by atoms with Gasteiger partial charge in [0.05, 0.1) is 23.1 Å². The Balaban J connectivity index is 2.55. The maximum absolute atomic E-state index is 10.6. The number of carbonyl (C=O) groups is 2. The Kier molecular flexibility index (Phi) is 6.57. The summed E-state index contributed by atoms with van der Waals surface area (Å²) in [6, 6.07) is 4.88. The van der Waals surface area contributed by atoms with Crippen molar-refractivity contribution in [1.82, 2.24) is 4.90 Å². The molecule has 1 aromatic carbocycles. The summed E-state index contributed by atoms with van der Waals surface area (Å²) in [5, 5.41) is 18.0. The molecule has 0 aromatic heterocycles. The number of aliphatic carboxylic acids is 2. The quantitative estimate of drug-likeness (QED) is 0.759. The topological polar surface area (TPSA) is 87.1 Å². The van der Waals surface area contributed by atoms with Gasteiger partial charge < -0.3 is 14.9 Å². The van der Waals surface area contributed by atoms with E-state index >= 15 is 0 Å². The summed E-state index contributed by atoms with van der Waals surface area (Å²) in [5.74, 6) is -1.93. The molecule has 0 fully saturated rings. The summed E-state index contributed by atoms with van der Waals surface area (Å²) < 4.78 is 5.37. The van der Waals surface area contributed by atoms with Crippen LogP contribution in [0.2, 0.25) is 10.0 Å². The van der Waals surface area contributed by atoms with Gasteiger partial charge in [-0.15, -0.1) is 0 Å². The van der Waals surface area contributed by atoms with Crippen molar-refractivity contribution in [3.05, 3.63) is 28.2 Å². The Bertz CT molecular complexity index is 458. The number of ether oxygens (including phenoxy) is 1. The van der Waals surface area contributed by atoms with Gasteiger partial charge in [-0.05, 0) is 12.1 Å². The Morgan fingerprint density at radius 2 is 1.60 bits per heavy atom. The lowest BCUT2D eigenvalue weighted by Gasteiger charge is -2.18. The minimum atomic E-state index is -1.11. The van der Waals surface area contributed by atoms with Gasteiger partial charge in [-0.1, -0.05) is 29.3 Å². The van der Waals surface area contributed by atoms with Crippen molar-refractivity contribution < 1.29 is 24.5 Å². The molecular formula is C12H13Cl2NO5. The Labute approximate surface area is 125 Å². The van der Waals surface area contributed by atoms with Crippen LogP contribution in [0, 0.1) is 0 Å². The Morgan fingerprint density at radius 3 is 2.05 bits per heavy atom. The summed E-state index contributed by atoms with van der Waals surface area (Å²) >= 11 is 11.8. The highest BCUT2D eigenvalue weighted by molar-refractivity contribution is 6.37. The molecule has 0 radical (unpaired) electrons. The van der Waals surface area contributed by atoms with Crippen LogP contribution in [0.4, 0.5) is 0 Å². The molecule has 0 aliphatic rings. The van der Waals surface area contributed by atoms with Gasteiger partial charge in [0.15, 0.2) is 5.75 Å². The van der Waals surface area contributed by atoms with E-state index in [1.54, 1.807) is 18.2 Å². The van der Waals surface area contributed by atoms with Gasteiger partial charge >= 0.3 is 11.9 Å². The SMILES string of the molecule is O=C(O)CN(CCOc1c(Cl)cccc1Cl)CC(=O)O. The fourth-order valence-electron chi connectivity index (χ4n) is 1.49. The molecule has 0 bridgehead atoms. The van der Waals surface area contributed by atoms with Crippen molar-refractivity contribution in [2.75, 3.05) is 26.2 Å². The molecule has 2 N–H and O–H groups in total. The molecule has 6 nitrogen and oxygen atoms in total. The van der Waals surface area contributed by atoms with Gasteiger partial charge in [0.1, 0.15) is 6.61 Å². The smallest absolute Gasteiger partial charge is 0.317 e. The highest BCUT2D eigenvalue weighted by Crippen LogP contribution is 2.32. The van der Waals surface area contributed by atoms with Gasteiger partial charge in [-0.25, -0.2) is 0 Å². The van der Waals surface area contributed by atoms with Gasteiger partial charge in [-0.3, -0.25) is 14.5 Å². The first-order valence-corrected chi connectivity index (χ1v) is 6.38. The first-order valence-electron chi connectivity index (χ1n) is 5.63. The fraction of sp³-hybridized carbons (Fsp3) is 0.333. The molecule has 0 heterocycles. The predicted molar refractivity (Wildman–Crippen MR) is 73.7 cm³/mol. The maximum atomic E-state index is 10.6. The maximum Gasteiger partial charge on any atom is 0.317 e. The minimum Gasteiger partial charge on any atom is -0.489 e. The highest BCUT2D eigenvalue weighted by Gasteiger charge is 2.14. The van der Waals surface area contributed by atoms with Crippen molar-refractivity contribution in [1.29, 1.82) is 0 Å². The van der Waals surface area contributed by atoms with Gasteiger partial charge in [-0.2, -0.15) is 0 Å². The number of hydrogen-bond donors (Lipinski definition) is 2. The van der Waals surface area contributed by atoms with Crippen LogP contribution in [-0.2, 0) is 9.59 Å². The lowest BCUT2D eigenvalue weighted by molar-refractivity contribution is -0.141. The van der Waals surface area contributed by atoms with Crippen LogP contribution in [0.3, 0.4) is 0 Å². The van der Waals surface area contributed by atoms with Crippen LogP contribution in [-0.4, -0.2) is 53.3 Å². The van der Waals surface area contributed by atoms with Crippen molar-refractivity contribution in [3.8, 4) is 5.75 Å². The predicted octanol–water partition coefficient (Wildman–Crippen LogP) is 1.84. The number of nitrogens with zero attached hydrogens (tertiary/aromatic N) is 1. The zero-order valence-corrected chi connectivity index (χ0v) is 11.9. The molecule has 1 rings (SSSR count). The first kappa shape index (κ1) is 16.6. The van der Waals surface area contributed by atoms with Crippen LogP contribution < -0.4 is 4.74 Å². The number of carboxylic acid groups (broad SMARTS) is 2. The van der Waals surface area contributed by atoms with Crippen molar-refractivity contribution in [2.45, 2.75) is 0 Å². The van der Waals surface area contributed by atoms with Crippen LogP contribution in [0.5, 0.6) is 5.75 Å². The zero-order valence-electron chi connectivity index (χ0n) is 10.4. The molecule has 8 heteroatoms. The van der Waals surface area contributed by atoms with Crippen LogP contribution in [0.25, 0.3) is 0 Å². The molecule has 0 spiro atoms. The number of carboxylic acids is 2. The monoisotopic (exact) mass is 321 g/mol. The molecule has 0 aliphatic heterocycles. The summed E-state index contributed by atoms with van der Waals surface area (Å²) in [6.07, 6.45) is 0. The van der Waals surface area contributed by atoms with Crippen molar-refractivity contribution >= 4 is 35.1 Å². The van der Waals surface area contributed by atoms with Crippen LogP contribution >= 0.6 is 23.2 Å². The molecule has 0 saturated heterocycles. The summed E-state index contributed by atoms with van der Waals surface area (Å²) in [7, 11) is 0. The lowest BCUT2D eigenvalue weighted by atomic mass is 10.3. The summed E-state index contributed by atoms with van der Waals surface area (Å²) in [6.45, 7) is -0.567. The largest absolute Gasteiger partial charge is 0.489 e. The average molecular weight is 322 g/mol. The van der Waals surface area contributed by atoms with E-state index < -0.39 is 11.9 Å². The van der Waals surface area contributed by atoms with E-state index in [0.717, 1.165) is 0 Å². The molecule has 0 amide bonds. The lowest BCUT2D eigenvalue weighted by Crippen LogP contribution is -2.37. The third-order valence-electron chi connectivity index (χ3n) is 2.29. The van der Waals surface area contributed by atoms with Crippen LogP contribution in [0.1, 0.15) is 0 Å². The third-order valence-corrected chi connectivity index (χ3v) is 2.89. The van der Waals surface area contributed by atoms with Crippen LogP contribution in [0.15, 0.2) is 18.2 Å². The van der Waals surface area contributed by atoms with Gasteiger partial charge in [0.25, 0.3) is 0 Å². The van der Waals surface area contributed by atoms with E-state index in [4.69, 9.17) is 38.2 Å². The zero-order chi connectivity index (χ0) is 15.1. The Morgan fingerprint density at radius 1 is 1.10 bits per heavy atom. The minimum absolute atomic E-state index is 0.0734. The van der Waals surface area contributed by atoms with Crippen molar-refractivity contribution in [3.63, 3.8) is 0 Å². The second-order valence-electron chi connectivity index (χ2n) is 3.90. The van der Waals surface area contributed by atoms with Crippen molar-refractivity contribution in [2.24, 2.45) is 0 Å². The standard InChI is InChI=1S/C12H13Cl2NO5/c13-8-2-1-3-9(14)12(8)20-5-4-15(6-10(16)17)7-11(18)19/h1-3H,4-7H2,(H,16,17)(H,18,19). The molecule has 0 aliphatic carbocycles. The molecule has 0 atom stereocenters. The molecular weight excluding hydrogens is 309 g/mol. The third kappa shape index (κ3) is 5.64. The Hall–Kier alpha value is -1.50. The molecule has 0 saturated carbocycles. The average Bonchev–Trinajstić information content (AvgIpc) is 2.31. The van der Waals surface area contributed by atoms with E-state index in [2.05, 4.69) is 0 Å². The molecule has 1 aromatic rings. The summed E-state index contributed by atoms with van der Waals surface area (Å²) in [5.41, 5.74) is 0. The van der Waals surface area contributed by atoms with E-state index in [1.807, 2.05) is 0 Å². The molecule has 0 unspecified atom stereocenters. The van der Waals surface area contributed by atoms with E-state index in [0.29, 0.717) is 15.8 Å². The van der Waals surface area contributed by atoms with Gasteiger partial charge in [0, 0.05) is 6.54 Å². The first-order chi connectivity index (χ1) is 9.40. The van der Waals surface area contributed by atoms with Gasteiger partial charge in [0.2, 0.25) is 0 Å². The number of rotatable bonds is 8.